The summed E-state index contributed by atoms with van der Waals surface area (Å²) in [6.07, 6.45) is 2.39. The summed E-state index contributed by atoms with van der Waals surface area (Å²) in [4.78, 5) is 29.4. The molecule has 0 radical (unpaired) electrons. The number of nitrogens with one attached hydrogen (secondary N) is 1. The molecule has 1 N–H and O–H groups in total. The van der Waals surface area contributed by atoms with Gasteiger partial charge in [-0.1, -0.05) is 13.0 Å². The summed E-state index contributed by atoms with van der Waals surface area (Å²) in [5.74, 6) is -0.638. The number of aryl methyl sites for hydroxylation is 2. The lowest BCUT2D eigenvalue weighted by molar-refractivity contribution is 0.0597. The molecule has 3 aromatic heterocycles. The zero-order valence-corrected chi connectivity index (χ0v) is 13.8. The van der Waals surface area contributed by atoms with Gasteiger partial charge in [0.1, 0.15) is 22.3 Å². The number of aromatic nitrogens is 3. The Morgan fingerprint density at radius 3 is 2.79 bits per heavy atom. The maximum Gasteiger partial charge on any atom is 0.341 e. The van der Waals surface area contributed by atoms with E-state index in [1.165, 1.54) is 17.6 Å². The Morgan fingerprint density at radius 1 is 1.38 bits per heavy atom. The Balaban J connectivity index is 2.56. The van der Waals surface area contributed by atoms with E-state index in [2.05, 4.69) is 4.98 Å². The van der Waals surface area contributed by atoms with Crippen molar-refractivity contribution in [1.29, 1.82) is 5.41 Å². The predicted octanol–water partition coefficient (Wildman–Crippen LogP) is 1.63. The van der Waals surface area contributed by atoms with Gasteiger partial charge in [0, 0.05) is 12.7 Å². The lowest BCUT2D eigenvalue weighted by atomic mass is 10.2. The third-order valence-electron chi connectivity index (χ3n) is 3.99. The molecule has 0 saturated carbocycles. The maximum atomic E-state index is 12.9. The molecule has 0 bridgehead atoms. The van der Waals surface area contributed by atoms with E-state index in [0.29, 0.717) is 23.2 Å². The van der Waals surface area contributed by atoms with Crippen LogP contribution in [0.25, 0.3) is 16.7 Å². The highest BCUT2D eigenvalue weighted by Gasteiger charge is 2.17. The molecule has 0 fully saturated rings. The molecule has 3 aromatic rings. The van der Waals surface area contributed by atoms with E-state index in [1.807, 2.05) is 19.9 Å². The number of fused-ring (bicyclic) bond motifs is 2. The standard InChI is InChI=1S/C17H18N4O3/c1-4-7-20-13(18)11(17(23)24-3)9-12-15(20)19-14-10(2)6-5-8-21(14)16(12)22/h5-6,8-9,18H,4,7H2,1-3H3. The number of rotatable bonds is 3. The van der Waals surface area contributed by atoms with Gasteiger partial charge in [-0.15, -0.1) is 0 Å². The number of carbonyl (C=O) groups excluding carboxylic acids is 1. The van der Waals surface area contributed by atoms with E-state index >= 15 is 0 Å². The largest absolute Gasteiger partial charge is 0.465 e. The Morgan fingerprint density at radius 2 is 2.12 bits per heavy atom. The van der Waals surface area contributed by atoms with E-state index in [9.17, 15) is 9.59 Å². The van der Waals surface area contributed by atoms with Crippen LogP contribution in [0.1, 0.15) is 29.3 Å². The first-order valence-electron chi connectivity index (χ1n) is 7.68. The number of methoxy groups -OCH3 is 1. The highest BCUT2D eigenvalue weighted by Crippen LogP contribution is 2.13. The second-order valence-electron chi connectivity index (χ2n) is 5.59. The Labute approximate surface area is 137 Å². The summed E-state index contributed by atoms with van der Waals surface area (Å²) >= 11 is 0. The third kappa shape index (κ3) is 2.29. The number of esters is 1. The van der Waals surface area contributed by atoms with Gasteiger partial charge in [0.05, 0.1) is 12.5 Å². The van der Waals surface area contributed by atoms with E-state index in [-0.39, 0.29) is 16.6 Å². The zero-order valence-electron chi connectivity index (χ0n) is 13.8. The molecule has 0 amide bonds. The van der Waals surface area contributed by atoms with Crippen molar-refractivity contribution in [1.82, 2.24) is 14.0 Å². The van der Waals surface area contributed by atoms with Gasteiger partial charge in [-0.2, -0.15) is 0 Å². The third-order valence-corrected chi connectivity index (χ3v) is 3.99. The Hall–Kier alpha value is -2.96. The van der Waals surface area contributed by atoms with Crippen LogP contribution in [-0.4, -0.2) is 27.0 Å². The van der Waals surface area contributed by atoms with Gasteiger partial charge in [0.2, 0.25) is 0 Å². The van der Waals surface area contributed by atoms with E-state index in [1.54, 1.807) is 16.8 Å². The lowest BCUT2D eigenvalue weighted by Crippen LogP contribution is -2.30. The molecule has 0 aliphatic heterocycles. The van der Waals surface area contributed by atoms with Gasteiger partial charge in [-0.3, -0.25) is 14.6 Å². The Kier molecular flexibility index (Phi) is 3.92. The van der Waals surface area contributed by atoms with Crippen LogP contribution in [0.2, 0.25) is 0 Å². The number of pyridine rings is 2. The summed E-state index contributed by atoms with van der Waals surface area (Å²) in [6.45, 7) is 4.32. The molecular formula is C17H18N4O3. The molecule has 0 aromatic carbocycles. The average Bonchev–Trinajstić information content (AvgIpc) is 2.58. The van der Waals surface area contributed by atoms with E-state index in [0.717, 1.165) is 12.0 Å². The summed E-state index contributed by atoms with van der Waals surface area (Å²) in [5, 5.41) is 8.61. The molecule has 7 heteroatoms. The van der Waals surface area contributed by atoms with Crippen molar-refractivity contribution in [2.24, 2.45) is 0 Å². The van der Waals surface area contributed by atoms with Crippen molar-refractivity contribution >= 4 is 22.6 Å². The smallest absolute Gasteiger partial charge is 0.341 e. The monoisotopic (exact) mass is 326 g/mol. The average molecular weight is 326 g/mol. The molecular weight excluding hydrogens is 308 g/mol. The topological polar surface area (TPSA) is 89.5 Å². The van der Waals surface area contributed by atoms with Gasteiger partial charge >= 0.3 is 5.97 Å². The predicted molar refractivity (Wildman–Crippen MR) is 89.2 cm³/mol. The number of ether oxygens (including phenoxy) is 1. The fourth-order valence-corrected chi connectivity index (χ4v) is 2.80. The fourth-order valence-electron chi connectivity index (χ4n) is 2.80. The van der Waals surface area contributed by atoms with Crippen molar-refractivity contribution in [2.45, 2.75) is 26.8 Å². The van der Waals surface area contributed by atoms with Crippen LogP contribution in [0, 0.1) is 12.3 Å². The van der Waals surface area contributed by atoms with Crippen molar-refractivity contribution in [3.05, 3.63) is 51.4 Å². The summed E-state index contributed by atoms with van der Waals surface area (Å²) < 4.78 is 7.79. The molecule has 3 rings (SSSR count). The van der Waals surface area contributed by atoms with Crippen molar-refractivity contribution in [3.8, 4) is 0 Å². The van der Waals surface area contributed by atoms with Gasteiger partial charge in [-0.25, -0.2) is 9.78 Å². The zero-order chi connectivity index (χ0) is 17.4. The summed E-state index contributed by atoms with van der Waals surface area (Å²) in [6, 6.07) is 5.05. The second kappa shape index (κ2) is 5.92. The van der Waals surface area contributed by atoms with Crippen LogP contribution >= 0.6 is 0 Å². The molecule has 3 heterocycles. The Bertz CT molecular complexity index is 1080. The van der Waals surface area contributed by atoms with Gasteiger partial charge < -0.3 is 9.30 Å². The molecule has 24 heavy (non-hydrogen) atoms. The van der Waals surface area contributed by atoms with Crippen LogP contribution in [-0.2, 0) is 11.3 Å². The normalized spacial score (nSPS) is 11.1. The van der Waals surface area contributed by atoms with Crippen molar-refractivity contribution in [2.75, 3.05) is 7.11 Å². The van der Waals surface area contributed by atoms with Crippen LogP contribution in [0.3, 0.4) is 0 Å². The minimum absolute atomic E-state index is 0.000958. The highest BCUT2D eigenvalue weighted by atomic mass is 16.5. The summed E-state index contributed by atoms with van der Waals surface area (Å²) in [7, 11) is 1.25. The maximum absolute atomic E-state index is 12.9. The van der Waals surface area contributed by atoms with E-state index in [4.69, 9.17) is 10.1 Å². The minimum Gasteiger partial charge on any atom is -0.465 e. The first-order valence-corrected chi connectivity index (χ1v) is 7.68. The fraction of sp³-hybridized carbons (Fsp3) is 0.294. The van der Waals surface area contributed by atoms with Gasteiger partial charge in [0.25, 0.3) is 5.56 Å². The first-order chi connectivity index (χ1) is 11.5. The highest BCUT2D eigenvalue weighted by molar-refractivity contribution is 5.93. The molecule has 7 nitrogen and oxygen atoms in total. The van der Waals surface area contributed by atoms with Crippen molar-refractivity contribution < 1.29 is 9.53 Å². The van der Waals surface area contributed by atoms with Gasteiger partial charge in [0.15, 0.2) is 0 Å². The SMILES string of the molecule is CCCn1c(=N)c(C(=O)OC)cc2c(=O)n3cccc(C)c3nc21. The molecule has 0 aliphatic rings. The summed E-state index contributed by atoms with van der Waals surface area (Å²) in [5.41, 5.74) is 1.61. The van der Waals surface area contributed by atoms with E-state index < -0.39 is 5.97 Å². The van der Waals surface area contributed by atoms with Crippen LogP contribution < -0.4 is 11.0 Å². The minimum atomic E-state index is -0.638. The second-order valence-corrected chi connectivity index (χ2v) is 5.59. The van der Waals surface area contributed by atoms with Crippen LogP contribution in [0.15, 0.2) is 29.2 Å². The molecule has 0 unspecified atom stereocenters. The number of hydrogen-bond donors (Lipinski definition) is 1. The number of carbonyl (C=O) groups is 1. The van der Waals surface area contributed by atoms with Crippen molar-refractivity contribution in [3.63, 3.8) is 0 Å². The molecule has 0 aliphatic carbocycles. The quantitative estimate of drug-likeness (QED) is 0.585. The van der Waals surface area contributed by atoms with Crippen LogP contribution in [0.4, 0.5) is 0 Å². The molecule has 124 valence electrons. The van der Waals surface area contributed by atoms with Crippen LogP contribution in [0.5, 0.6) is 0 Å². The lowest BCUT2D eigenvalue weighted by Gasteiger charge is -2.13. The molecule has 0 atom stereocenters. The first kappa shape index (κ1) is 15.9. The molecule has 0 saturated heterocycles. The number of nitrogens with zero attached hydrogens (tertiary/aromatic N) is 3. The van der Waals surface area contributed by atoms with Gasteiger partial charge in [-0.05, 0) is 31.0 Å². The number of hydrogen-bond acceptors (Lipinski definition) is 5. The molecule has 0 spiro atoms.